The molecular weight excluding hydrogens is 336 g/mol. The van der Waals surface area contributed by atoms with Gasteiger partial charge in [-0.25, -0.2) is 0 Å². The van der Waals surface area contributed by atoms with Crippen molar-refractivity contribution in [3.8, 4) is 17.2 Å². The van der Waals surface area contributed by atoms with Gasteiger partial charge in [0.2, 0.25) is 0 Å². The van der Waals surface area contributed by atoms with E-state index in [0.717, 1.165) is 36.8 Å². The van der Waals surface area contributed by atoms with E-state index in [2.05, 4.69) is 18.2 Å². The van der Waals surface area contributed by atoms with Crippen molar-refractivity contribution >= 4 is 0 Å². The van der Waals surface area contributed by atoms with Crippen LogP contribution in [0.5, 0.6) is 17.2 Å². The van der Waals surface area contributed by atoms with Crippen LogP contribution in [0.4, 0.5) is 0 Å². The first kappa shape index (κ1) is 17.5. The zero-order chi connectivity index (χ0) is 18.9. The van der Waals surface area contributed by atoms with E-state index < -0.39 is 0 Å². The van der Waals surface area contributed by atoms with Crippen LogP contribution < -0.4 is 0 Å². The Morgan fingerprint density at radius 2 is 1.11 bits per heavy atom. The van der Waals surface area contributed by atoms with Crippen LogP contribution in [0, 0.1) is 0 Å². The Kier molecular flexibility index (Phi) is 4.53. The largest absolute Gasteiger partial charge is 0.508 e. The minimum atomic E-state index is -0.231. The molecule has 1 fully saturated rings. The predicted molar refractivity (Wildman–Crippen MR) is 106 cm³/mol. The fraction of sp³-hybridized carbons (Fsp3) is 0.250. The molecule has 0 aliphatic heterocycles. The molecule has 0 atom stereocenters. The Labute approximate surface area is 159 Å². The van der Waals surface area contributed by atoms with Crippen LogP contribution in [-0.4, -0.2) is 15.3 Å². The Morgan fingerprint density at radius 1 is 0.630 bits per heavy atom. The highest BCUT2D eigenvalue weighted by molar-refractivity contribution is 5.45. The van der Waals surface area contributed by atoms with Gasteiger partial charge in [-0.1, -0.05) is 36.4 Å². The van der Waals surface area contributed by atoms with Crippen molar-refractivity contribution in [2.75, 3.05) is 0 Å². The molecule has 3 aromatic carbocycles. The third-order valence-electron chi connectivity index (χ3n) is 5.98. The Bertz CT molecular complexity index is 892. The zero-order valence-corrected chi connectivity index (χ0v) is 15.2. The van der Waals surface area contributed by atoms with E-state index in [0.29, 0.717) is 11.7 Å². The second kappa shape index (κ2) is 6.99. The Morgan fingerprint density at radius 3 is 1.59 bits per heavy atom. The number of phenolic OH excluding ortho intramolecular Hbond substituents is 3. The summed E-state index contributed by atoms with van der Waals surface area (Å²) >= 11 is 0. The van der Waals surface area contributed by atoms with Gasteiger partial charge in [0.1, 0.15) is 17.2 Å². The first-order valence-electron chi connectivity index (χ1n) is 9.45. The highest BCUT2D eigenvalue weighted by atomic mass is 16.3. The second-order valence-corrected chi connectivity index (χ2v) is 7.55. The van der Waals surface area contributed by atoms with Crippen LogP contribution >= 0.6 is 0 Å². The van der Waals surface area contributed by atoms with E-state index in [9.17, 15) is 15.3 Å². The molecule has 0 spiro atoms. The Balaban J connectivity index is 1.71. The van der Waals surface area contributed by atoms with E-state index in [1.165, 1.54) is 5.56 Å². The van der Waals surface area contributed by atoms with E-state index >= 15 is 0 Å². The van der Waals surface area contributed by atoms with Gasteiger partial charge in [-0.3, -0.25) is 0 Å². The summed E-state index contributed by atoms with van der Waals surface area (Å²) in [5.74, 6) is 1.24. The molecule has 1 aliphatic rings. The molecule has 27 heavy (non-hydrogen) atoms. The molecule has 0 amide bonds. The average molecular weight is 360 g/mol. The zero-order valence-electron chi connectivity index (χ0n) is 15.2. The molecule has 0 aromatic heterocycles. The van der Waals surface area contributed by atoms with E-state index in [-0.39, 0.29) is 16.9 Å². The molecule has 0 unspecified atom stereocenters. The fourth-order valence-electron chi connectivity index (χ4n) is 4.57. The molecule has 3 aromatic rings. The van der Waals surface area contributed by atoms with Crippen molar-refractivity contribution in [1.29, 1.82) is 0 Å². The number of rotatable bonds is 3. The summed E-state index contributed by atoms with van der Waals surface area (Å²) in [7, 11) is 0. The maximum Gasteiger partial charge on any atom is 0.115 e. The molecule has 4 rings (SSSR count). The van der Waals surface area contributed by atoms with Crippen LogP contribution in [0.15, 0.2) is 72.8 Å². The molecule has 0 radical (unpaired) electrons. The maximum atomic E-state index is 10.0. The van der Waals surface area contributed by atoms with E-state index in [1.54, 1.807) is 18.2 Å². The van der Waals surface area contributed by atoms with Crippen molar-refractivity contribution in [3.05, 3.63) is 89.5 Å². The van der Waals surface area contributed by atoms with Gasteiger partial charge in [-0.2, -0.15) is 0 Å². The molecule has 0 heterocycles. The number of phenols is 3. The number of aromatic hydroxyl groups is 3. The lowest BCUT2D eigenvalue weighted by Crippen LogP contribution is -2.32. The third-order valence-corrected chi connectivity index (χ3v) is 5.98. The first-order chi connectivity index (χ1) is 13.1. The van der Waals surface area contributed by atoms with Gasteiger partial charge in [-0.15, -0.1) is 0 Å². The van der Waals surface area contributed by atoms with Gasteiger partial charge in [0, 0.05) is 5.41 Å². The summed E-state index contributed by atoms with van der Waals surface area (Å²) in [6, 6.07) is 22.5. The lowest BCUT2D eigenvalue weighted by Gasteiger charge is -2.41. The summed E-state index contributed by atoms with van der Waals surface area (Å²) < 4.78 is 0. The summed E-state index contributed by atoms with van der Waals surface area (Å²) in [6.45, 7) is 0. The quantitative estimate of drug-likeness (QED) is 0.582. The molecule has 1 saturated carbocycles. The molecule has 138 valence electrons. The highest BCUT2D eigenvalue weighted by Gasteiger charge is 2.39. The monoisotopic (exact) mass is 360 g/mol. The Hall–Kier alpha value is -2.94. The second-order valence-electron chi connectivity index (χ2n) is 7.55. The van der Waals surface area contributed by atoms with Crippen LogP contribution in [0.3, 0.4) is 0 Å². The predicted octanol–water partition coefficient (Wildman–Crippen LogP) is 5.45. The molecule has 0 saturated heterocycles. The average Bonchev–Trinajstić information content (AvgIpc) is 2.68. The first-order valence-corrected chi connectivity index (χ1v) is 9.45. The topological polar surface area (TPSA) is 60.7 Å². The van der Waals surface area contributed by atoms with E-state index in [1.807, 2.05) is 36.4 Å². The molecule has 3 heteroatoms. The van der Waals surface area contributed by atoms with Crippen molar-refractivity contribution in [2.24, 2.45) is 0 Å². The maximum absolute atomic E-state index is 10.0. The third kappa shape index (κ3) is 3.37. The van der Waals surface area contributed by atoms with Crippen LogP contribution in [0.2, 0.25) is 0 Å². The molecular formula is C24H24O3. The SMILES string of the molecule is Oc1cccc(C2CCC(c3cccc(O)c3)(c3cccc(O)c3)CC2)c1. The van der Waals surface area contributed by atoms with Gasteiger partial charge in [0.25, 0.3) is 0 Å². The molecule has 3 N–H and O–H groups in total. The van der Waals surface area contributed by atoms with Crippen LogP contribution in [0.25, 0.3) is 0 Å². The van der Waals surface area contributed by atoms with E-state index in [4.69, 9.17) is 0 Å². The number of hydrogen-bond acceptors (Lipinski definition) is 3. The minimum Gasteiger partial charge on any atom is -0.508 e. The molecule has 0 bridgehead atoms. The molecule has 3 nitrogen and oxygen atoms in total. The van der Waals surface area contributed by atoms with Gasteiger partial charge in [0.05, 0.1) is 0 Å². The fourth-order valence-corrected chi connectivity index (χ4v) is 4.57. The van der Waals surface area contributed by atoms with Crippen molar-refractivity contribution in [1.82, 2.24) is 0 Å². The minimum absolute atomic E-state index is 0.231. The number of benzene rings is 3. The highest BCUT2D eigenvalue weighted by Crippen LogP contribution is 2.50. The van der Waals surface area contributed by atoms with Crippen molar-refractivity contribution in [2.45, 2.75) is 37.0 Å². The van der Waals surface area contributed by atoms with Gasteiger partial charge < -0.3 is 15.3 Å². The molecule has 1 aliphatic carbocycles. The van der Waals surface area contributed by atoms with Crippen molar-refractivity contribution < 1.29 is 15.3 Å². The number of hydrogen-bond donors (Lipinski definition) is 3. The summed E-state index contributed by atoms with van der Waals surface area (Å²) in [4.78, 5) is 0. The van der Waals surface area contributed by atoms with Gasteiger partial charge in [0.15, 0.2) is 0 Å². The van der Waals surface area contributed by atoms with Gasteiger partial charge >= 0.3 is 0 Å². The van der Waals surface area contributed by atoms with Crippen molar-refractivity contribution in [3.63, 3.8) is 0 Å². The van der Waals surface area contributed by atoms with Gasteiger partial charge in [-0.05, 0) is 84.7 Å². The summed E-state index contributed by atoms with van der Waals surface area (Å²) in [6.07, 6.45) is 3.80. The smallest absolute Gasteiger partial charge is 0.115 e. The lowest BCUT2D eigenvalue weighted by molar-refractivity contribution is 0.312. The lowest BCUT2D eigenvalue weighted by atomic mass is 9.62. The standard InChI is InChI=1S/C24H24O3/c25-21-7-1-4-18(14-21)17-10-12-24(13-11-17,19-5-2-8-22(26)15-19)20-6-3-9-23(27)16-20/h1-9,14-17,25-27H,10-13H2. The summed E-state index contributed by atoms with van der Waals surface area (Å²) in [5.41, 5.74) is 3.12. The normalized spacial score (nSPS) is 16.9. The summed E-state index contributed by atoms with van der Waals surface area (Å²) in [5, 5.41) is 29.9. The van der Waals surface area contributed by atoms with Crippen LogP contribution in [0.1, 0.15) is 48.3 Å². The van der Waals surface area contributed by atoms with Crippen LogP contribution in [-0.2, 0) is 5.41 Å².